The molecule has 170 valence electrons. The summed E-state index contributed by atoms with van der Waals surface area (Å²) < 4.78 is 13.8. The number of imidazole rings is 1. The summed E-state index contributed by atoms with van der Waals surface area (Å²) >= 11 is 0. The van der Waals surface area contributed by atoms with E-state index in [1.165, 1.54) is 0 Å². The Morgan fingerprint density at radius 2 is 1.79 bits per heavy atom. The van der Waals surface area contributed by atoms with Crippen LogP contribution >= 0.6 is 0 Å². The van der Waals surface area contributed by atoms with Crippen LogP contribution in [0.5, 0.6) is 11.5 Å². The number of hydrogen-bond donors (Lipinski definition) is 0. The van der Waals surface area contributed by atoms with Crippen molar-refractivity contribution in [2.75, 3.05) is 13.7 Å². The molecule has 0 fully saturated rings. The molecular weight excluding hydrogens is 416 g/mol. The highest BCUT2D eigenvalue weighted by Crippen LogP contribution is 2.30. The van der Waals surface area contributed by atoms with Gasteiger partial charge in [-0.3, -0.25) is 9.78 Å². The van der Waals surface area contributed by atoms with Crippen LogP contribution < -0.4 is 9.47 Å². The molecular formula is C26H28N4O3. The largest absolute Gasteiger partial charge is 0.490 e. The summed E-state index contributed by atoms with van der Waals surface area (Å²) in [5, 5.41) is 0. The van der Waals surface area contributed by atoms with Crippen molar-refractivity contribution < 1.29 is 14.3 Å². The number of benzene rings is 2. The Balaban J connectivity index is 1.52. The number of aromatic nitrogens is 3. The van der Waals surface area contributed by atoms with Crippen molar-refractivity contribution in [1.29, 1.82) is 0 Å². The average molecular weight is 445 g/mol. The second-order valence-electron chi connectivity index (χ2n) is 7.66. The number of aryl methyl sites for hydroxylation is 1. The molecule has 0 aliphatic rings. The standard InChI is InChI=1S/C26H28N4O3/c1-4-30-22-9-7-6-8-21(22)28-25(30)17-29(3)26(31)20-10-11-23(24(16-20)32-5-2)33-18-19-12-14-27-15-13-19/h6-16H,4-5,17-18H2,1-3H3. The van der Waals surface area contributed by atoms with Crippen molar-refractivity contribution in [2.24, 2.45) is 0 Å². The first-order valence-corrected chi connectivity index (χ1v) is 11.1. The van der Waals surface area contributed by atoms with Gasteiger partial charge in [-0.2, -0.15) is 0 Å². The van der Waals surface area contributed by atoms with Gasteiger partial charge in [0, 0.05) is 31.5 Å². The van der Waals surface area contributed by atoms with E-state index in [0.29, 0.717) is 36.8 Å². The van der Waals surface area contributed by atoms with Crippen molar-refractivity contribution in [1.82, 2.24) is 19.4 Å². The Morgan fingerprint density at radius 1 is 1.00 bits per heavy atom. The lowest BCUT2D eigenvalue weighted by Gasteiger charge is -2.19. The lowest BCUT2D eigenvalue weighted by Crippen LogP contribution is -2.27. The summed E-state index contributed by atoms with van der Waals surface area (Å²) in [5.74, 6) is 1.90. The molecule has 2 heterocycles. The maximum atomic E-state index is 13.2. The molecule has 0 bridgehead atoms. The van der Waals surface area contributed by atoms with Gasteiger partial charge in [0.15, 0.2) is 11.5 Å². The van der Waals surface area contributed by atoms with E-state index in [-0.39, 0.29) is 5.91 Å². The van der Waals surface area contributed by atoms with Gasteiger partial charge < -0.3 is 18.9 Å². The highest BCUT2D eigenvalue weighted by atomic mass is 16.5. The van der Waals surface area contributed by atoms with Crippen LogP contribution in [0.4, 0.5) is 0 Å². The first-order chi connectivity index (χ1) is 16.1. The highest BCUT2D eigenvalue weighted by molar-refractivity contribution is 5.94. The maximum Gasteiger partial charge on any atom is 0.254 e. The van der Waals surface area contributed by atoms with Crippen LogP contribution in [0.25, 0.3) is 11.0 Å². The van der Waals surface area contributed by atoms with Crippen LogP contribution in [-0.4, -0.2) is 39.0 Å². The minimum Gasteiger partial charge on any atom is -0.490 e. The van der Waals surface area contributed by atoms with Crippen LogP contribution in [0.2, 0.25) is 0 Å². The lowest BCUT2D eigenvalue weighted by atomic mass is 10.1. The van der Waals surface area contributed by atoms with Crippen LogP contribution in [0.3, 0.4) is 0 Å². The summed E-state index contributed by atoms with van der Waals surface area (Å²) in [6.45, 7) is 6.05. The molecule has 2 aromatic carbocycles. The minimum absolute atomic E-state index is 0.105. The molecule has 4 aromatic rings. The topological polar surface area (TPSA) is 69.5 Å². The quantitative estimate of drug-likeness (QED) is 0.374. The molecule has 7 heteroatoms. The zero-order valence-corrected chi connectivity index (χ0v) is 19.2. The summed E-state index contributed by atoms with van der Waals surface area (Å²) in [4.78, 5) is 23.6. The summed E-state index contributed by atoms with van der Waals surface area (Å²) in [6.07, 6.45) is 3.46. The number of fused-ring (bicyclic) bond motifs is 1. The third-order valence-electron chi connectivity index (χ3n) is 5.41. The van der Waals surface area contributed by atoms with E-state index in [1.807, 2.05) is 37.3 Å². The van der Waals surface area contributed by atoms with Crippen LogP contribution in [0.1, 0.15) is 35.6 Å². The fourth-order valence-corrected chi connectivity index (χ4v) is 3.77. The van der Waals surface area contributed by atoms with Crippen molar-refractivity contribution in [2.45, 2.75) is 33.5 Å². The van der Waals surface area contributed by atoms with Gasteiger partial charge in [0.2, 0.25) is 0 Å². The predicted molar refractivity (Wildman–Crippen MR) is 127 cm³/mol. The number of pyridine rings is 1. The number of hydrogen-bond acceptors (Lipinski definition) is 5. The molecule has 4 rings (SSSR count). The van der Waals surface area contributed by atoms with Crippen LogP contribution in [0.15, 0.2) is 67.0 Å². The van der Waals surface area contributed by atoms with E-state index >= 15 is 0 Å². The SMILES string of the molecule is CCOc1cc(C(=O)N(C)Cc2nc3ccccc3n2CC)ccc1OCc1ccncc1. The van der Waals surface area contributed by atoms with E-state index < -0.39 is 0 Å². The monoisotopic (exact) mass is 444 g/mol. The predicted octanol–water partition coefficient (Wildman–Crippen LogP) is 4.70. The number of ether oxygens (including phenoxy) is 2. The van der Waals surface area contributed by atoms with Crippen molar-refractivity contribution in [3.63, 3.8) is 0 Å². The maximum absolute atomic E-state index is 13.2. The Morgan fingerprint density at radius 3 is 2.55 bits per heavy atom. The van der Waals surface area contributed by atoms with Crippen LogP contribution in [-0.2, 0) is 19.7 Å². The Kier molecular flexibility index (Phi) is 6.88. The average Bonchev–Trinajstić information content (AvgIpc) is 3.20. The summed E-state index contributed by atoms with van der Waals surface area (Å²) in [7, 11) is 1.79. The molecule has 2 aromatic heterocycles. The van der Waals surface area contributed by atoms with Gasteiger partial charge in [-0.15, -0.1) is 0 Å². The number of carbonyl (C=O) groups excluding carboxylic acids is 1. The van der Waals surface area contributed by atoms with E-state index in [1.54, 1.807) is 42.5 Å². The lowest BCUT2D eigenvalue weighted by molar-refractivity contribution is 0.0779. The number of nitrogens with zero attached hydrogens (tertiary/aromatic N) is 4. The van der Waals surface area contributed by atoms with Gasteiger partial charge >= 0.3 is 0 Å². The normalized spacial score (nSPS) is 10.9. The Labute approximate surface area is 193 Å². The molecule has 33 heavy (non-hydrogen) atoms. The smallest absolute Gasteiger partial charge is 0.254 e. The summed E-state index contributed by atoms with van der Waals surface area (Å²) in [5.41, 5.74) is 3.55. The van der Waals surface area contributed by atoms with Crippen molar-refractivity contribution in [3.05, 3.63) is 83.9 Å². The van der Waals surface area contributed by atoms with E-state index in [9.17, 15) is 4.79 Å². The van der Waals surface area contributed by atoms with Gasteiger partial charge in [0.25, 0.3) is 5.91 Å². The number of carbonyl (C=O) groups is 1. The highest BCUT2D eigenvalue weighted by Gasteiger charge is 2.18. The molecule has 0 saturated carbocycles. The first-order valence-electron chi connectivity index (χ1n) is 11.1. The van der Waals surface area contributed by atoms with Gasteiger partial charge in [0.1, 0.15) is 12.4 Å². The molecule has 0 saturated heterocycles. The number of amides is 1. The van der Waals surface area contributed by atoms with E-state index in [4.69, 9.17) is 14.5 Å². The number of para-hydroxylation sites is 2. The molecule has 0 spiro atoms. The fourth-order valence-electron chi connectivity index (χ4n) is 3.77. The van der Waals surface area contributed by atoms with Gasteiger partial charge in [-0.25, -0.2) is 4.98 Å². The zero-order valence-electron chi connectivity index (χ0n) is 19.2. The minimum atomic E-state index is -0.105. The zero-order chi connectivity index (χ0) is 23.2. The molecule has 0 unspecified atom stereocenters. The molecule has 0 aliphatic carbocycles. The first kappa shape index (κ1) is 22.3. The summed E-state index contributed by atoms with van der Waals surface area (Å²) in [6, 6.07) is 17.1. The number of rotatable bonds is 9. The Hall–Kier alpha value is -3.87. The third kappa shape index (κ3) is 4.98. The molecule has 7 nitrogen and oxygen atoms in total. The van der Waals surface area contributed by atoms with Crippen LogP contribution in [0, 0.1) is 0 Å². The second-order valence-corrected chi connectivity index (χ2v) is 7.66. The third-order valence-corrected chi connectivity index (χ3v) is 5.41. The second kappa shape index (κ2) is 10.2. The van der Waals surface area contributed by atoms with Gasteiger partial charge in [-0.05, 0) is 61.9 Å². The molecule has 0 atom stereocenters. The van der Waals surface area contributed by atoms with Crippen molar-refractivity contribution >= 4 is 16.9 Å². The van der Waals surface area contributed by atoms with Gasteiger partial charge in [0.05, 0.1) is 24.2 Å². The van der Waals surface area contributed by atoms with E-state index in [0.717, 1.165) is 29.0 Å². The molecule has 1 amide bonds. The molecule has 0 N–H and O–H groups in total. The van der Waals surface area contributed by atoms with E-state index in [2.05, 4.69) is 22.5 Å². The van der Waals surface area contributed by atoms with Crippen molar-refractivity contribution in [3.8, 4) is 11.5 Å². The fraction of sp³-hybridized carbons (Fsp3) is 0.269. The Bertz CT molecular complexity index is 1240. The van der Waals surface area contributed by atoms with Gasteiger partial charge in [-0.1, -0.05) is 12.1 Å². The molecule has 0 radical (unpaired) electrons. The molecule has 0 aliphatic heterocycles.